The Morgan fingerprint density at radius 1 is 1.11 bits per heavy atom. The Balaban J connectivity index is 1.51. The van der Waals surface area contributed by atoms with Gasteiger partial charge in [0.25, 0.3) is 11.6 Å². The van der Waals surface area contributed by atoms with Crippen LogP contribution in [0, 0.1) is 17.0 Å². The van der Waals surface area contributed by atoms with Gasteiger partial charge in [-0.3, -0.25) is 24.6 Å². The van der Waals surface area contributed by atoms with Gasteiger partial charge in [0.2, 0.25) is 5.91 Å². The minimum absolute atomic E-state index is 0.00803. The number of nitrogens with zero attached hydrogens (tertiary/aromatic N) is 4. The zero-order valence-electron chi connectivity index (χ0n) is 15.8. The lowest BCUT2D eigenvalue weighted by Crippen LogP contribution is -2.51. The van der Waals surface area contributed by atoms with E-state index in [1.165, 1.54) is 28.4 Å². The Morgan fingerprint density at radius 3 is 2.29 bits per heavy atom. The second kappa shape index (κ2) is 8.49. The normalized spacial score (nSPS) is 14.7. The van der Waals surface area contributed by atoms with Gasteiger partial charge in [0.05, 0.1) is 16.3 Å². The van der Waals surface area contributed by atoms with Gasteiger partial charge < -0.3 is 9.80 Å². The third-order valence-electron chi connectivity index (χ3n) is 4.79. The van der Waals surface area contributed by atoms with E-state index in [0.717, 1.165) is 9.75 Å². The molecule has 2 heterocycles. The van der Waals surface area contributed by atoms with Crippen LogP contribution in [0.1, 0.15) is 14.5 Å². The zero-order valence-corrected chi connectivity index (χ0v) is 16.6. The highest BCUT2D eigenvalue weighted by Crippen LogP contribution is 2.20. The molecule has 0 radical (unpaired) electrons. The van der Waals surface area contributed by atoms with E-state index in [1.54, 1.807) is 19.2 Å². The van der Waals surface area contributed by atoms with Crippen molar-refractivity contribution in [1.82, 2.24) is 9.80 Å². The van der Waals surface area contributed by atoms with Crippen molar-refractivity contribution in [1.29, 1.82) is 0 Å². The molecule has 0 spiro atoms. The number of nitro groups is 1. The minimum atomic E-state index is -0.468. The standard InChI is InChI=1S/C19H22N4O4S/c1-14-3-8-17(28-14)19(25)22-11-9-21(10-12-22)13-18(24)20(2)15-4-6-16(7-5-15)23(26)27/h3-8H,9-13H2,1-2H3. The molecule has 1 fully saturated rings. The molecule has 28 heavy (non-hydrogen) atoms. The van der Waals surface area contributed by atoms with Gasteiger partial charge in [-0.2, -0.15) is 0 Å². The van der Waals surface area contributed by atoms with Gasteiger partial charge in [0, 0.05) is 55.9 Å². The Hall–Kier alpha value is -2.78. The van der Waals surface area contributed by atoms with Crippen molar-refractivity contribution in [2.75, 3.05) is 44.7 Å². The summed E-state index contributed by atoms with van der Waals surface area (Å²) < 4.78 is 0. The maximum Gasteiger partial charge on any atom is 0.269 e. The van der Waals surface area contributed by atoms with Crippen LogP contribution in [-0.2, 0) is 4.79 Å². The number of anilines is 1. The summed E-state index contributed by atoms with van der Waals surface area (Å²) in [5.74, 6) is -0.0467. The van der Waals surface area contributed by atoms with E-state index < -0.39 is 4.92 Å². The van der Waals surface area contributed by atoms with Gasteiger partial charge >= 0.3 is 0 Å². The molecule has 1 aromatic heterocycles. The molecule has 9 heteroatoms. The van der Waals surface area contributed by atoms with Crippen LogP contribution in [0.15, 0.2) is 36.4 Å². The molecular weight excluding hydrogens is 380 g/mol. The van der Waals surface area contributed by atoms with E-state index >= 15 is 0 Å². The lowest BCUT2D eigenvalue weighted by Gasteiger charge is -2.34. The van der Waals surface area contributed by atoms with E-state index in [2.05, 4.69) is 0 Å². The predicted octanol–water partition coefficient (Wildman–Crippen LogP) is 2.39. The number of amides is 2. The number of thiophene rings is 1. The highest BCUT2D eigenvalue weighted by atomic mass is 32.1. The fourth-order valence-corrected chi connectivity index (χ4v) is 3.89. The van der Waals surface area contributed by atoms with Crippen molar-refractivity contribution in [3.8, 4) is 0 Å². The first kappa shape index (κ1) is 20.0. The number of likely N-dealkylation sites (N-methyl/N-ethyl adjacent to an activating group) is 1. The minimum Gasteiger partial charge on any atom is -0.335 e. The lowest BCUT2D eigenvalue weighted by atomic mass is 10.2. The molecule has 8 nitrogen and oxygen atoms in total. The Labute approximate surface area is 167 Å². The molecule has 1 aliphatic rings. The first-order valence-electron chi connectivity index (χ1n) is 8.94. The lowest BCUT2D eigenvalue weighted by molar-refractivity contribution is -0.384. The summed E-state index contributed by atoms with van der Waals surface area (Å²) in [5.41, 5.74) is 0.601. The highest BCUT2D eigenvalue weighted by Gasteiger charge is 2.25. The maximum atomic E-state index is 12.5. The molecule has 0 N–H and O–H groups in total. The van der Waals surface area contributed by atoms with Crippen LogP contribution in [0.5, 0.6) is 0 Å². The van der Waals surface area contributed by atoms with E-state index in [1.807, 2.05) is 28.9 Å². The summed E-state index contributed by atoms with van der Waals surface area (Å²) in [6.07, 6.45) is 0. The van der Waals surface area contributed by atoms with Crippen molar-refractivity contribution in [3.63, 3.8) is 0 Å². The van der Waals surface area contributed by atoms with Gasteiger partial charge in [-0.1, -0.05) is 0 Å². The number of carbonyl (C=O) groups excluding carboxylic acids is 2. The molecule has 148 valence electrons. The van der Waals surface area contributed by atoms with E-state index in [9.17, 15) is 19.7 Å². The quantitative estimate of drug-likeness (QED) is 0.566. The SMILES string of the molecule is Cc1ccc(C(=O)N2CCN(CC(=O)N(C)c3ccc([N+](=O)[O-])cc3)CC2)s1. The van der Waals surface area contributed by atoms with Crippen LogP contribution in [0.4, 0.5) is 11.4 Å². The smallest absolute Gasteiger partial charge is 0.269 e. The van der Waals surface area contributed by atoms with Crippen LogP contribution in [0.3, 0.4) is 0 Å². The Morgan fingerprint density at radius 2 is 1.75 bits per heavy atom. The topological polar surface area (TPSA) is 87.0 Å². The van der Waals surface area contributed by atoms with Crippen molar-refractivity contribution in [2.45, 2.75) is 6.92 Å². The number of carbonyl (C=O) groups is 2. The number of piperazine rings is 1. The fourth-order valence-electron chi connectivity index (χ4n) is 3.05. The molecule has 1 saturated heterocycles. The first-order valence-corrected chi connectivity index (χ1v) is 9.76. The van der Waals surface area contributed by atoms with Crippen LogP contribution >= 0.6 is 11.3 Å². The average molecular weight is 402 g/mol. The Kier molecular flexibility index (Phi) is 6.05. The maximum absolute atomic E-state index is 12.5. The second-order valence-electron chi connectivity index (χ2n) is 6.70. The third-order valence-corrected chi connectivity index (χ3v) is 5.78. The molecule has 1 aliphatic heterocycles. The van der Waals surface area contributed by atoms with Crippen LogP contribution in [-0.4, -0.2) is 66.3 Å². The monoisotopic (exact) mass is 402 g/mol. The van der Waals surface area contributed by atoms with E-state index in [4.69, 9.17) is 0 Å². The number of aryl methyl sites for hydroxylation is 1. The van der Waals surface area contributed by atoms with Crippen LogP contribution in [0.2, 0.25) is 0 Å². The van der Waals surface area contributed by atoms with Crippen molar-refractivity contribution in [3.05, 3.63) is 56.3 Å². The molecule has 2 aromatic rings. The molecule has 0 bridgehead atoms. The Bertz CT molecular complexity index is 872. The van der Waals surface area contributed by atoms with E-state index in [0.29, 0.717) is 31.9 Å². The number of hydrogen-bond donors (Lipinski definition) is 0. The van der Waals surface area contributed by atoms with Gasteiger partial charge in [-0.05, 0) is 31.2 Å². The number of rotatable bonds is 5. The van der Waals surface area contributed by atoms with Crippen molar-refractivity contribution >= 4 is 34.5 Å². The van der Waals surface area contributed by atoms with Gasteiger partial charge in [-0.25, -0.2) is 0 Å². The molecule has 2 amide bonds. The first-order chi connectivity index (χ1) is 13.3. The summed E-state index contributed by atoms with van der Waals surface area (Å²) in [7, 11) is 1.66. The van der Waals surface area contributed by atoms with Crippen LogP contribution in [0.25, 0.3) is 0 Å². The summed E-state index contributed by atoms with van der Waals surface area (Å²) in [4.78, 5) is 42.5. The summed E-state index contributed by atoms with van der Waals surface area (Å²) >= 11 is 1.50. The predicted molar refractivity (Wildman–Crippen MR) is 108 cm³/mol. The summed E-state index contributed by atoms with van der Waals surface area (Å²) in [6, 6.07) is 9.70. The van der Waals surface area contributed by atoms with Gasteiger partial charge in [0.1, 0.15) is 0 Å². The molecule has 3 rings (SSSR count). The number of nitro benzene ring substituents is 1. The van der Waals surface area contributed by atoms with E-state index in [-0.39, 0.29) is 24.0 Å². The van der Waals surface area contributed by atoms with Crippen LogP contribution < -0.4 is 4.90 Å². The third kappa shape index (κ3) is 4.55. The van der Waals surface area contributed by atoms with Gasteiger partial charge in [-0.15, -0.1) is 11.3 Å². The number of non-ortho nitro benzene ring substituents is 1. The number of benzene rings is 1. The average Bonchev–Trinajstić information content (AvgIpc) is 3.13. The molecule has 0 unspecified atom stereocenters. The largest absolute Gasteiger partial charge is 0.335 e. The molecule has 0 saturated carbocycles. The van der Waals surface area contributed by atoms with Crippen molar-refractivity contribution < 1.29 is 14.5 Å². The highest BCUT2D eigenvalue weighted by molar-refractivity contribution is 7.13. The number of hydrogen-bond acceptors (Lipinski definition) is 6. The summed E-state index contributed by atoms with van der Waals surface area (Å²) in [6.45, 7) is 4.67. The summed E-state index contributed by atoms with van der Waals surface area (Å²) in [5, 5.41) is 10.7. The second-order valence-corrected chi connectivity index (χ2v) is 7.99. The van der Waals surface area contributed by atoms with Gasteiger partial charge in [0.15, 0.2) is 0 Å². The zero-order chi connectivity index (χ0) is 20.3. The fraction of sp³-hybridized carbons (Fsp3) is 0.368. The molecule has 1 aromatic carbocycles. The molecule has 0 aliphatic carbocycles. The molecule has 0 atom stereocenters. The molecular formula is C19H22N4O4S. The van der Waals surface area contributed by atoms with Crippen molar-refractivity contribution in [2.24, 2.45) is 0 Å².